The summed E-state index contributed by atoms with van der Waals surface area (Å²) >= 11 is 0. The minimum atomic E-state index is -0.195. The van der Waals surface area contributed by atoms with Crippen LogP contribution in [-0.4, -0.2) is 34.0 Å². The van der Waals surface area contributed by atoms with Gasteiger partial charge >= 0.3 is 0 Å². The number of aromatic nitrogens is 3. The molecule has 1 saturated heterocycles. The molecule has 1 fully saturated rings. The Labute approximate surface area is 177 Å². The van der Waals surface area contributed by atoms with Crippen molar-refractivity contribution in [1.82, 2.24) is 25.6 Å². The topological polar surface area (TPSA) is 71.8 Å². The molecular weight excluding hydrogens is 386 g/mol. The Morgan fingerprint density at radius 1 is 1.07 bits per heavy atom. The molecule has 3 aromatic rings. The van der Waals surface area contributed by atoms with Crippen molar-refractivity contribution >= 4 is 18.3 Å². The summed E-state index contributed by atoms with van der Waals surface area (Å²) in [5, 5.41) is 14.6. The average Bonchev–Trinajstić information content (AvgIpc) is 3.26. The number of benzene rings is 2. The fourth-order valence-electron chi connectivity index (χ4n) is 3.58. The lowest BCUT2D eigenvalue weighted by Crippen LogP contribution is -2.29. The van der Waals surface area contributed by atoms with E-state index in [4.69, 9.17) is 0 Å². The van der Waals surface area contributed by atoms with Gasteiger partial charge < -0.3 is 10.6 Å². The predicted molar refractivity (Wildman–Crippen MR) is 116 cm³/mol. The summed E-state index contributed by atoms with van der Waals surface area (Å²) in [6.45, 7) is 3.93. The molecule has 2 aromatic carbocycles. The van der Waals surface area contributed by atoms with Crippen molar-refractivity contribution in [2.24, 2.45) is 0 Å². The predicted octanol–water partition coefficient (Wildman–Crippen LogP) is 3.78. The molecule has 1 aromatic heterocycles. The van der Waals surface area contributed by atoms with E-state index in [1.807, 2.05) is 29.8 Å². The van der Waals surface area contributed by atoms with Gasteiger partial charge in [-0.2, -0.15) is 0 Å². The largest absolute Gasteiger partial charge is 0.344 e. The third-order valence-corrected chi connectivity index (χ3v) is 5.29. The number of piperidine rings is 1. The Morgan fingerprint density at radius 3 is 2.41 bits per heavy atom. The van der Waals surface area contributed by atoms with Gasteiger partial charge in [-0.25, -0.2) is 4.68 Å². The van der Waals surface area contributed by atoms with Gasteiger partial charge in [0.25, 0.3) is 5.91 Å². The second-order valence-electron chi connectivity index (χ2n) is 7.25. The first-order valence-electron chi connectivity index (χ1n) is 9.79. The zero-order chi connectivity index (χ0) is 19.3. The molecule has 4 rings (SSSR count). The van der Waals surface area contributed by atoms with Crippen LogP contribution in [0.5, 0.6) is 0 Å². The lowest BCUT2D eigenvalue weighted by Gasteiger charge is -2.22. The monoisotopic (exact) mass is 411 g/mol. The Kier molecular flexibility index (Phi) is 7.01. The standard InChI is InChI=1S/C22H25N5O.ClH/c1-16(17-7-9-19(10-8-17)18-5-3-2-4-6-18)24-22(28)21-15-27(26-25-21)20-11-13-23-14-12-20;/h2-10,15-16,20,23H,11-14H2,1H3,(H,24,28);1H. The molecule has 1 atom stereocenters. The lowest BCUT2D eigenvalue weighted by atomic mass is 10.0. The van der Waals surface area contributed by atoms with Gasteiger partial charge in [-0.15, -0.1) is 17.5 Å². The molecule has 7 heteroatoms. The molecule has 29 heavy (non-hydrogen) atoms. The molecule has 1 amide bonds. The van der Waals surface area contributed by atoms with Crippen LogP contribution >= 0.6 is 12.4 Å². The number of carbonyl (C=O) groups excluding carboxylic acids is 1. The minimum absolute atomic E-state index is 0. The van der Waals surface area contributed by atoms with Crippen molar-refractivity contribution < 1.29 is 4.79 Å². The highest BCUT2D eigenvalue weighted by atomic mass is 35.5. The molecule has 0 spiro atoms. The molecule has 0 aliphatic carbocycles. The third kappa shape index (κ3) is 5.02. The summed E-state index contributed by atoms with van der Waals surface area (Å²) in [4.78, 5) is 12.6. The first kappa shape index (κ1) is 21.0. The van der Waals surface area contributed by atoms with Crippen molar-refractivity contribution in [3.63, 3.8) is 0 Å². The van der Waals surface area contributed by atoms with Crippen LogP contribution in [0.2, 0.25) is 0 Å². The van der Waals surface area contributed by atoms with Crippen LogP contribution < -0.4 is 10.6 Å². The molecular formula is C22H26ClN5O. The summed E-state index contributed by atoms with van der Waals surface area (Å²) in [5.41, 5.74) is 3.76. The van der Waals surface area contributed by atoms with Crippen LogP contribution in [0.1, 0.15) is 47.9 Å². The highest BCUT2D eigenvalue weighted by Gasteiger charge is 2.19. The molecule has 152 valence electrons. The van der Waals surface area contributed by atoms with E-state index in [1.165, 1.54) is 5.56 Å². The Morgan fingerprint density at radius 2 is 1.72 bits per heavy atom. The van der Waals surface area contributed by atoms with E-state index in [1.54, 1.807) is 6.20 Å². The number of hydrogen-bond acceptors (Lipinski definition) is 4. The van der Waals surface area contributed by atoms with Crippen LogP contribution in [0.3, 0.4) is 0 Å². The van der Waals surface area contributed by atoms with Crippen LogP contribution in [0.4, 0.5) is 0 Å². The van der Waals surface area contributed by atoms with Crippen LogP contribution in [0, 0.1) is 0 Å². The smallest absolute Gasteiger partial charge is 0.273 e. The zero-order valence-corrected chi connectivity index (χ0v) is 17.2. The fourth-order valence-corrected chi connectivity index (χ4v) is 3.58. The quantitative estimate of drug-likeness (QED) is 0.670. The molecule has 1 unspecified atom stereocenters. The van der Waals surface area contributed by atoms with E-state index in [0.717, 1.165) is 37.1 Å². The number of halogens is 1. The van der Waals surface area contributed by atoms with Gasteiger partial charge in [-0.3, -0.25) is 4.79 Å². The number of rotatable bonds is 5. The molecule has 6 nitrogen and oxygen atoms in total. The van der Waals surface area contributed by atoms with E-state index in [9.17, 15) is 4.79 Å². The second-order valence-corrected chi connectivity index (χ2v) is 7.25. The van der Waals surface area contributed by atoms with E-state index in [0.29, 0.717) is 11.7 Å². The van der Waals surface area contributed by atoms with Gasteiger partial charge in [-0.1, -0.05) is 59.8 Å². The highest BCUT2D eigenvalue weighted by molar-refractivity contribution is 5.92. The maximum atomic E-state index is 12.6. The Bertz CT molecular complexity index is 920. The van der Waals surface area contributed by atoms with E-state index in [-0.39, 0.29) is 24.4 Å². The molecule has 2 heterocycles. The number of nitrogens with zero attached hydrogens (tertiary/aromatic N) is 3. The SMILES string of the molecule is CC(NC(=O)c1cn(C2CCNCC2)nn1)c1ccc(-c2ccccc2)cc1.Cl. The number of carbonyl (C=O) groups is 1. The first-order valence-corrected chi connectivity index (χ1v) is 9.79. The van der Waals surface area contributed by atoms with Gasteiger partial charge in [-0.05, 0) is 49.5 Å². The third-order valence-electron chi connectivity index (χ3n) is 5.29. The lowest BCUT2D eigenvalue weighted by molar-refractivity contribution is 0.0934. The number of amides is 1. The van der Waals surface area contributed by atoms with Gasteiger partial charge in [0.05, 0.1) is 18.3 Å². The highest BCUT2D eigenvalue weighted by Crippen LogP contribution is 2.22. The molecule has 1 aliphatic rings. The maximum absolute atomic E-state index is 12.6. The van der Waals surface area contributed by atoms with Crippen LogP contribution in [0.25, 0.3) is 11.1 Å². The van der Waals surface area contributed by atoms with Crippen molar-refractivity contribution in [3.05, 3.63) is 72.1 Å². The summed E-state index contributed by atoms with van der Waals surface area (Å²) < 4.78 is 1.83. The summed E-state index contributed by atoms with van der Waals surface area (Å²) in [6.07, 6.45) is 3.78. The summed E-state index contributed by atoms with van der Waals surface area (Å²) in [6, 6.07) is 18.7. The van der Waals surface area contributed by atoms with Gasteiger partial charge in [0.15, 0.2) is 5.69 Å². The van der Waals surface area contributed by atoms with Crippen LogP contribution in [0.15, 0.2) is 60.8 Å². The van der Waals surface area contributed by atoms with E-state index >= 15 is 0 Å². The van der Waals surface area contributed by atoms with Gasteiger partial charge in [0.2, 0.25) is 0 Å². The molecule has 0 bridgehead atoms. The number of nitrogens with one attached hydrogen (secondary N) is 2. The van der Waals surface area contributed by atoms with Crippen molar-refractivity contribution in [2.45, 2.75) is 31.8 Å². The molecule has 0 radical (unpaired) electrons. The Balaban J connectivity index is 0.00000240. The zero-order valence-electron chi connectivity index (χ0n) is 16.4. The van der Waals surface area contributed by atoms with Crippen molar-refractivity contribution in [2.75, 3.05) is 13.1 Å². The minimum Gasteiger partial charge on any atom is -0.344 e. The summed E-state index contributed by atoms with van der Waals surface area (Å²) in [5.74, 6) is -0.195. The number of hydrogen-bond donors (Lipinski definition) is 2. The maximum Gasteiger partial charge on any atom is 0.273 e. The Hall–Kier alpha value is -2.70. The second kappa shape index (κ2) is 9.67. The van der Waals surface area contributed by atoms with Crippen molar-refractivity contribution in [1.29, 1.82) is 0 Å². The summed E-state index contributed by atoms with van der Waals surface area (Å²) in [7, 11) is 0. The van der Waals surface area contributed by atoms with Gasteiger partial charge in [0.1, 0.15) is 0 Å². The normalized spacial score (nSPS) is 15.3. The molecule has 1 aliphatic heterocycles. The molecule has 2 N–H and O–H groups in total. The van der Waals surface area contributed by atoms with E-state index in [2.05, 4.69) is 57.3 Å². The van der Waals surface area contributed by atoms with Crippen molar-refractivity contribution in [3.8, 4) is 11.1 Å². The first-order chi connectivity index (χ1) is 13.7. The fraction of sp³-hybridized carbons (Fsp3) is 0.318. The average molecular weight is 412 g/mol. The molecule has 0 saturated carbocycles. The van der Waals surface area contributed by atoms with E-state index < -0.39 is 0 Å². The van der Waals surface area contributed by atoms with Gasteiger partial charge in [0, 0.05) is 0 Å². The van der Waals surface area contributed by atoms with Crippen LogP contribution in [-0.2, 0) is 0 Å².